The molecule has 2 fully saturated rings. The second kappa shape index (κ2) is 9.02. The minimum atomic E-state index is -3.71. The van der Waals surface area contributed by atoms with Gasteiger partial charge in [0.1, 0.15) is 0 Å². The van der Waals surface area contributed by atoms with Crippen molar-refractivity contribution in [1.29, 1.82) is 0 Å². The molecular formula is C22H24ClN3O6S. The molecule has 0 spiro atoms. The van der Waals surface area contributed by atoms with Gasteiger partial charge in [-0.2, -0.15) is 4.31 Å². The predicted molar refractivity (Wildman–Crippen MR) is 123 cm³/mol. The maximum Gasteiger partial charge on any atom is 0.255 e. The molecule has 3 aliphatic rings. The van der Waals surface area contributed by atoms with E-state index in [1.807, 2.05) is 0 Å². The SMILES string of the molecule is O=C(Nc1cc(S(=O)(=O)N2CCOCC2)ccc1N1CCCC1)c1cc(Cl)c2c(c1)OCO2. The van der Waals surface area contributed by atoms with Gasteiger partial charge in [-0.05, 0) is 43.2 Å². The molecule has 9 nitrogen and oxygen atoms in total. The molecule has 33 heavy (non-hydrogen) atoms. The summed E-state index contributed by atoms with van der Waals surface area (Å²) in [5.41, 5.74) is 1.51. The zero-order valence-corrected chi connectivity index (χ0v) is 19.5. The molecule has 0 unspecified atom stereocenters. The Balaban J connectivity index is 1.48. The summed E-state index contributed by atoms with van der Waals surface area (Å²) in [6.45, 7) is 3.05. The third-order valence-electron chi connectivity index (χ3n) is 5.96. The van der Waals surface area contributed by atoms with Crippen molar-refractivity contribution in [3.8, 4) is 11.5 Å². The number of amides is 1. The van der Waals surface area contributed by atoms with Crippen LogP contribution in [0, 0.1) is 0 Å². The van der Waals surface area contributed by atoms with E-state index in [0.717, 1.165) is 31.6 Å². The van der Waals surface area contributed by atoms with Crippen molar-refractivity contribution >= 4 is 38.9 Å². The van der Waals surface area contributed by atoms with Crippen molar-refractivity contribution in [3.63, 3.8) is 0 Å². The summed E-state index contributed by atoms with van der Waals surface area (Å²) in [7, 11) is -3.71. The van der Waals surface area contributed by atoms with E-state index in [1.165, 1.54) is 16.4 Å². The average molecular weight is 494 g/mol. The third kappa shape index (κ3) is 4.35. The fourth-order valence-corrected chi connectivity index (χ4v) is 5.94. The van der Waals surface area contributed by atoms with Crippen LogP contribution in [0.3, 0.4) is 0 Å². The molecule has 1 amide bonds. The number of rotatable bonds is 5. The van der Waals surface area contributed by atoms with E-state index >= 15 is 0 Å². The largest absolute Gasteiger partial charge is 0.454 e. The van der Waals surface area contributed by atoms with Gasteiger partial charge in [0.15, 0.2) is 11.5 Å². The number of ether oxygens (including phenoxy) is 3. The summed E-state index contributed by atoms with van der Waals surface area (Å²) in [6.07, 6.45) is 2.08. The molecule has 2 aromatic rings. The Morgan fingerprint density at radius 1 is 1.00 bits per heavy atom. The first kappa shape index (κ1) is 22.3. The Labute approximate surface area is 197 Å². The van der Waals surface area contributed by atoms with Gasteiger partial charge in [-0.3, -0.25) is 4.79 Å². The molecule has 0 saturated carbocycles. The molecule has 2 saturated heterocycles. The predicted octanol–water partition coefficient (Wildman–Crippen LogP) is 2.94. The first-order valence-electron chi connectivity index (χ1n) is 10.8. The van der Waals surface area contributed by atoms with Gasteiger partial charge >= 0.3 is 0 Å². The first-order chi connectivity index (χ1) is 15.9. The van der Waals surface area contributed by atoms with E-state index in [1.54, 1.807) is 18.2 Å². The van der Waals surface area contributed by atoms with Gasteiger partial charge in [-0.15, -0.1) is 0 Å². The van der Waals surface area contributed by atoms with E-state index in [4.69, 9.17) is 25.8 Å². The van der Waals surface area contributed by atoms with E-state index in [-0.39, 0.29) is 22.3 Å². The third-order valence-corrected chi connectivity index (χ3v) is 8.14. The average Bonchev–Trinajstić information content (AvgIpc) is 3.52. The molecule has 11 heteroatoms. The number of benzene rings is 2. The van der Waals surface area contributed by atoms with E-state index in [9.17, 15) is 13.2 Å². The van der Waals surface area contributed by atoms with Crippen molar-refractivity contribution in [1.82, 2.24) is 4.31 Å². The lowest BCUT2D eigenvalue weighted by Crippen LogP contribution is -2.40. The Hall–Kier alpha value is -2.53. The van der Waals surface area contributed by atoms with Crippen molar-refractivity contribution in [3.05, 3.63) is 40.9 Å². The molecule has 5 rings (SSSR count). The van der Waals surface area contributed by atoms with Crippen molar-refractivity contribution in [2.75, 3.05) is 56.4 Å². The van der Waals surface area contributed by atoms with Gasteiger partial charge in [0.25, 0.3) is 5.91 Å². The molecule has 0 aromatic heterocycles. The lowest BCUT2D eigenvalue weighted by Gasteiger charge is -2.27. The van der Waals surface area contributed by atoms with Crippen LogP contribution >= 0.6 is 11.6 Å². The quantitative estimate of drug-likeness (QED) is 0.683. The maximum atomic E-state index is 13.2. The Bertz CT molecular complexity index is 1180. The zero-order valence-electron chi connectivity index (χ0n) is 17.9. The van der Waals surface area contributed by atoms with Crippen LogP contribution < -0.4 is 19.7 Å². The highest BCUT2D eigenvalue weighted by Crippen LogP contribution is 2.40. The Kier molecular flexibility index (Phi) is 6.09. The lowest BCUT2D eigenvalue weighted by atomic mass is 10.1. The van der Waals surface area contributed by atoms with Crippen LogP contribution in [0.4, 0.5) is 11.4 Å². The Morgan fingerprint density at radius 2 is 1.76 bits per heavy atom. The van der Waals surface area contributed by atoms with Gasteiger partial charge in [0.2, 0.25) is 16.8 Å². The van der Waals surface area contributed by atoms with Gasteiger partial charge in [-0.25, -0.2) is 8.42 Å². The molecule has 176 valence electrons. The van der Waals surface area contributed by atoms with Crippen LogP contribution in [0.2, 0.25) is 5.02 Å². The number of carbonyl (C=O) groups is 1. The van der Waals surface area contributed by atoms with Gasteiger partial charge < -0.3 is 24.4 Å². The van der Waals surface area contributed by atoms with Crippen LogP contribution in [0.25, 0.3) is 0 Å². The number of halogens is 1. The number of fused-ring (bicyclic) bond motifs is 1. The van der Waals surface area contributed by atoms with Crippen molar-refractivity contribution in [2.24, 2.45) is 0 Å². The number of anilines is 2. The molecule has 0 radical (unpaired) electrons. The van der Waals surface area contributed by atoms with Gasteiger partial charge in [0, 0.05) is 31.7 Å². The zero-order chi connectivity index (χ0) is 23.0. The molecule has 1 N–H and O–H groups in total. The number of sulfonamides is 1. The lowest BCUT2D eigenvalue weighted by molar-refractivity contribution is 0.0730. The summed E-state index contributed by atoms with van der Waals surface area (Å²) in [4.78, 5) is 15.4. The van der Waals surface area contributed by atoms with E-state index in [0.29, 0.717) is 43.5 Å². The molecule has 0 bridgehead atoms. The molecule has 3 heterocycles. The summed E-state index contributed by atoms with van der Waals surface area (Å²) in [5, 5.41) is 3.17. The van der Waals surface area contributed by atoms with Crippen LogP contribution in [0.5, 0.6) is 11.5 Å². The normalized spacial score (nSPS) is 18.5. The number of carbonyl (C=O) groups excluding carboxylic acids is 1. The summed E-state index contributed by atoms with van der Waals surface area (Å²) in [6, 6.07) is 7.97. The summed E-state index contributed by atoms with van der Waals surface area (Å²) < 4.78 is 43.8. The van der Waals surface area contributed by atoms with Crippen LogP contribution in [-0.4, -0.2) is 64.8 Å². The molecule has 3 aliphatic heterocycles. The molecule has 0 atom stereocenters. The van der Waals surface area contributed by atoms with E-state index < -0.39 is 15.9 Å². The number of hydrogen-bond donors (Lipinski definition) is 1. The van der Waals surface area contributed by atoms with E-state index in [2.05, 4.69) is 10.2 Å². The fourth-order valence-electron chi connectivity index (χ4n) is 4.24. The number of nitrogens with zero attached hydrogens (tertiary/aromatic N) is 2. The molecular weight excluding hydrogens is 470 g/mol. The highest BCUT2D eigenvalue weighted by atomic mass is 35.5. The van der Waals surface area contributed by atoms with Crippen LogP contribution in [0.15, 0.2) is 35.2 Å². The second-order valence-corrected chi connectivity index (χ2v) is 10.4. The standard InChI is InChI=1S/C22H24ClN3O6S/c23-17-11-15(12-20-21(17)32-14-31-20)22(27)24-18-13-16(3-4-19(18)25-5-1-2-6-25)33(28,29)26-7-9-30-10-8-26/h3-4,11-13H,1-2,5-10,14H2,(H,24,27). The fraction of sp³-hybridized carbons (Fsp3) is 0.409. The summed E-state index contributed by atoms with van der Waals surface area (Å²) >= 11 is 6.24. The van der Waals surface area contributed by atoms with Gasteiger partial charge in [-0.1, -0.05) is 11.6 Å². The number of morpholine rings is 1. The maximum absolute atomic E-state index is 13.2. The van der Waals surface area contributed by atoms with Crippen molar-refractivity contribution < 1.29 is 27.4 Å². The first-order valence-corrected chi connectivity index (χ1v) is 12.6. The molecule has 0 aliphatic carbocycles. The van der Waals surface area contributed by atoms with Crippen LogP contribution in [0.1, 0.15) is 23.2 Å². The van der Waals surface area contributed by atoms with Gasteiger partial charge in [0.05, 0.1) is 34.5 Å². The minimum absolute atomic E-state index is 0.0423. The number of nitrogens with one attached hydrogen (secondary N) is 1. The highest BCUT2D eigenvalue weighted by Gasteiger charge is 2.28. The number of hydrogen-bond acceptors (Lipinski definition) is 7. The van der Waals surface area contributed by atoms with Crippen LogP contribution in [-0.2, 0) is 14.8 Å². The monoisotopic (exact) mass is 493 g/mol. The smallest absolute Gasteiger partial charge is 0.255 e. The van der Waals surface area contributed by atoms with Crippen molar-refractivity contribution in [2.45, 2.75) is 17.7 Å². The highest BCUT2D eigenvalue weighted by molar-refractivity contribution is 7.89. The summed E-state index contributed by atoms with van der Waals surface area (Å²) in [5.74, 6) is 0.386. The second-order valence-electron chi connectivity index (χ2n) is 8.04. The minimum Gasteiger partial charge on any atom is -0.454 e. The topological polar surface area (TPSA) is 97.4 Å². The Morgan fingerprint density at radius 3 is 2.52 bits per heavy atom. The molecule has 2 aromatic carbocycles.